The number of benzene rings is 1. The van der Waals surface area contributed by atoms with Crippen LogP contribution in [0.25, 0.3) is 5.57 Å². The number of hydrogen-bond acceptors (Lipinski definition) is 2. The van der Waals surface area contributed by atoms with Gasteiger partial charge < -0.3 is 10.6 Å². The van der Waals surface area contributed by atoms with Crippen LogP contribution in [0.2, 0.25) is 0 Å². The van der Waals surface area contributed by atoms with Gasteiger partial charge >= 0.3 is 0 Å². The topological polar surface area (TPSA) is 24.1 Å². The van der Waals surface area contributed by atoms with Gasteiger partial charge in [-0.05, 0) is 30.2 Å². The van der Waals surface area contributed by atoms with Crippen molar-refractivity contribution in [2.24, 2.45) is 0 Å². The molecule has 0 saturated heterocycles. The lowest BCUT2D eigenvalue weighted by Gasteiger charge is -2.18. The largest absolute Gasteiger partial charge is 0.390 e. The summed E-state index contributed by atoms with van der Waals surface area (Å²) in [4.78, 5) is 0. The average Bonchev–Trinajstić information content (AvgIpc) is 2.54. The van der Waals surface area contributed by atoms with Gasteiger partial charge in [0.05, 0.1) is 6.04 Å². The number of fused-ring (bicyclic) bond motifs is 3. The average molecular weight is 190 g/mol. The number of anilines is 1. The van der Waals surface area contributed by atoms with Gasteiger partial charge in [0.25, 0.3) is 0 Å². The normalized spacial score (nSPS) is 22.9. The third kappa shape index (κ3) is 1.02. The molecule has 3 rings (SSSR count). The van der Waals surface area contributed by atoms with Gasteiger partial charge in [0, 0.05) is 24.0 Å². The first kappa shape index (κ1) is 7.85. The molecular formula is C11H11FN2. The second-order valence-corrected chi connectivity index (χ2v) is 3.73. The third-order valence-corrected chi connectivity index (χ3v) is 2.83. The fraction of sp³-hybridized carbons (Fsp3) is 0.273. The fourth-order valence-corrected chi connectivity index (χ4v) is 2.16. The van der Waals surface area contributed by atoms with Crippen molar-refractivity contribution >= 4 is 11.3 Å². The Labute approximate surface area is 81.8 Å². The van der Waals surface area contributed by atoms with Gasteiger partial charge in [-0.2, -0.15) is 0 Å². The first-order valence-corrected chi connectivity index (χ1v) is 4.84. The molecule has 72 valence electrons. The second kappa shape index (κ2) is 2.74. The van der Waals surface area contributed by atoms with Crippen LogP contribution in [0.4, 0.5) is 10.1 Å². The molecule has 2 nitrogen and oxygen atoms in total. The lowest BCUT2D eigenvalue weighted by Crippen LogP contribution is -2.26. The molecule has 3 heteroatoms. The van der Waals surface area contributed by atoms with Crippen LogP contribution in [0.5, 0.6) is 0 Å². The van der Waals surface area contributed by atoms with E-state index in [0.29, 0.717) is 6.04 Å². The van der Waals surface area contributed by atoms with E-state index in [1.54, 1.807) is 6.07 Å². The van der Waals surface area contributed by atoms with Crippen LogP contribution in [-0.4, -0.2) is 12.6 Å². The maximum absolute atomic E-state index is 13.0. The molecule has 0 aromatic heterocycles. The van der Waals surface area contributed by atoms with Crippen molar-refractivity contribution in [1.82, 2.24) is 5.32 Å². The Balaban J connectivity index is 2.12. The molecule has 1 aromatic rings. The predicted molar refractivity (Wildman–Crippen MR) is 54.4 cm³/mol. The molecule has 1 aromatic carbocycles. The van der Waals surface area contributed by atoms with Crippen molar-refractivity contribution in [3.05, 3.63) is 35.8 Å². The summed E-state index contributed by atoms with van der Waals surface area (Å²) < 4.78 is 13.0. The number of halogens is 1. The van der Waals surface area contributed by atoms with E-state index in [1.807, 2.05) is 12.3 Å². The minimum Gasteiger partial charge on any atom is -0.390 e. The van der Waals surface area contributed by atoms with Crippen LogP contribution in [-0.2, 0) is 0 Å². The molecule has 0 amide bonds. The highest BCUT2D eigenvalue weighted by Gasteiger charge is 2.27. The van der Waals surface area contributed by atoms with E-state index in [2.05, 4.69) is 10.6 Å². The van der Waals surface area contributed by atoms with E-state index in [-0.39, 0.29) is 5.82 Å². The zero-order valence-corrected chi connectivity index (χ0v) is 7.68. The molecule has 0 fully saturated rings. The monoisotopic (exact) mass is 190 g/mol. The summed E-state index contributed by atoms with van der Waals surface area (Å²) in [6.45, 7) is 0.984. The Morgan fingerprint density at radius 3 is 3.21 bits per heavy atom. The molecule has 0 radical (unpaired) electrons. The SMILES string of the molecule is Fc1ccc2c(c1)NC1CCNC=C21. The Morgan fingerprint density at radius 2 is 2.29 bits per heavy atom. The standard InChI is InChI=1S/C11H11FN2/c12-7-1-2-8-9-6-13-4-3-10(9)14-11(8)5-7/h1-2,5-6,10,13-14H,3-4H2. The van der Waals surface area contributed by atoms with Gasteiger partial charge in [0.1, 0.15) is 5.82 Å². The van der Waals surface area contributed by atoms with Crippen LogP contribution >= 0.6 is 0 Å². The molecule has 14 heavy (non-hydrogen) atoms. The van der Waals surface area contributed by atoms with Crippen molar-refractivity contribution < 1.29 is 4.39 Å². The predicted octanol–water partition coefficient (Wildman–Crippen LogP) is 1.95. The van der Waals surface area contributed by atoms with Crippen LogP contribution in [0.15, 0.2) is 24.4 Å². The summed E-state index contributed by atoms with van der Waals surface area (Å²) in [6.07, 6.45) is 3.09. The first-order chi connectivity index (χ1) is 6.84. The maximum Gasteiger partial charge on any atom is 0.125 e. The van der Waals surface area contributed by atoms with Crippen LogP contribution in [0.3, 0.4) is 0 Å². The Morgan fingerprint density at radius 1 is 1.36 bits per heavy atom. The van der Waals surface area contributed by atoms with Crippen molar-refractivity contribution in [2.45, 2.75) is 12.5 Å². The lowest BCUT2D eigenvalue weighted by atomic mass is 9.99. The summed E-state index contributed by atoms with van der Waals surface area (Å²) in [7, 11) is 0. The molecule has 2 aliphatic heterocycles. The van der Waals surface area contributed by atoms with E-state index in [0.717, 1.165) is 24.2 Å². The van der Waals surface area contributed by atoms with Crippen molar-refractivity contribution in [3.63, 3.8) is 0 Å². The van der Waals surface area contributed by atoms with E-state index in [1.165, 1.54) is 11.6 Å². The van der Waals surface area contributed by atoms with Gasteiger partial charge in [-0.15, -0.1) is 0 Å². The number of rotatable bonds is 0. The van der Waals surface area contributed by atoms with E-state index in [4.69, 9.17) is 0 Å². The van der Waals surface area contributed by atoms with Gasteiger partial charge in [0.2, 0.25) is 0 Å². The second-order valence-electron chi connectivity index (χ2n) is 3.73. The Bertz CT molecular complexity index is 412. The quantitative estimate of drug-likeness (QED) is 0.653. The Hall–Kier alpha value is -1.51. The summed E-state index contributed by atoms with van der Waals surface area (Å²) >= 11 is 0. The smallest absolute Gasteiger partial charge is 0.125 e. The molecule has 1 unspecified atom stereocenters. The zero-order valence-electron chi connectivity index (χ0n) is 7.68. The molecule has 2 N–H and O–H groups in total. The van der Waals surface area contributed by atoms with Gasteiger partial charge in [-0.25, -0.2) is 4.39 Å². The Kier molecular flexibility index (Phi) is 1.54. The van der Waals surface area contributed by atoms with Gasteiger partial charge in [-0.3, -0.25) is 0 Å². The fourth-order valence-electron chi connectivity index (χ4n) is 2.16. The summed E-state index contributed by atoms with van der Waals surface area (Å²) in [5, 5.41) is 6.54. The van der Waals surface area contributed by atoms with Crippen molar-refractivity contribution in [2.75, 3.05) is 11.9 Å². The molecule has 2 aliphatic rings. The van der Waals surface area contributed by atoms with Crippen LogP contribution < -0.4 is 10.6 Å². The number of nitrogens with one attached hydrogen (secondary N) is 2. The van der Waals surface area contributed by atoms with Crippen molar-refractivity contribution in [1.29, 1.82) is 0 Å². The molecule has 0 spiro atoms. The molecule has 1 atom stereocenters. The summed E-state index contributed by atoms with van der Waals surface area (Å²) in [6, 6.07) is 5.29. The minimum atomic E-state index is -0.177. The van der Waals surface area contributed by atoms with Crippen LogP contribution in [0, 0.1) is 5.82 Å². The lowest BCUT2D eigenvalue weighted by molar-refractivity contribution is 0.628. The highest BCUT2D eigenvalue weighted by molar-refractivity contribution is 5.86. The van der Waals surface area contributed by atoms with Crippen LogP contribution in [0.1, 0.15) is 12.0 Å². The maximum atomic E-state index is 13.0. The summed E-state index contributed by atoms with van der Waals surface area (Å²) in [5.74, 6) is -0.177. The van der Waals surface area contributed by atoms with Crippen molar-refractivity contribution in [3.8, 4) is 0 Å². The van der Waals surface area contributed by atoms with E-state index < -0.39 is 0 Å². The van der Waals surface area contributed by atoms with E-state index in [9.17, 15) is 4.39 Å². The molecule has 2 heterocycles. The molecule has 0 saturated carbocycles. The van der Waals surface area contributed by atoms with E-state index >= 15 is 0 Å². The molecule has 0 aliphatic carbocycles. The highest BCUT2D eigenvalue weighted by Crippen LogP contribution is 2.37. The van der Waals surface area contributed by atoms with Gasteiger partial charge in [-0.1, -0.05) is 0 Å². The first-order valence-electron chi connectivity index (χ1n) is 4.84. The van der Waals surface area contributed by atoms with Gasteiger partial charge in [0.15, 0.2) is 0 Å². The number of hydrogen-bond donors (Lipinski definition) is 2. The molecular weight excluding hydrogens is 179 g/mol. The third-order valence-electron chi connectivity index (χ3n) is 2.83. The summed E-state index contributed by atoms with van der Waals surface area (Å²) in [5.41, 5.74) is 3.31. The molecule has 0 bridgehead atoms. The minimum absolute atomic E-state index is 0.177. The highest BCUT2D eigenvalue weighted by atomic mass is 19.1. The zero-order chi connectivity index (χ0) is 9.54.